The molecule has 4 heterocycles. The maximum Gasteiger partial charge on any atom is 0.270 e. The summed E-state index contributed by atoms with van der Waals surface area (Å²) in [4.78, 5) is 22.7. The lowest BCUT2D eigenvalue weighted by molar-refractivity contribution is 0.0731. The van der Waals surface area contributed by atoms with E-state index >= 15 is 0 Å². The molecule has 2 aliphatic rings. The SMILES string of the molecule is O=C(c1cc2c(F)cc(F)c(F)c2[nH]1)N1CCc2nc(NCC3CCOC3)sc2C1. The van der Waals surface area contributed by atoms with E-state index in [1.807, 2.05) is 0 Å². The molecule has 0 bridgehead atoms. The van der Waals surface area contributed by atoms with Crippen LogP contribution in [0, 0.1) is 23.4 Å². The Labute approximate surface area is 174 Å². The summed E-state index contributed by atoms with van der Waals surface area (Å²) in [7, 11) is 0. The number of nitrogens with one attached hydrogen (secondary N) is 2. The Kier molecular flexibility index (Phi) is 4.90. The van der Waals surface area contributed by atoms with Crippen LogP contribution in [0.4, 0.5) is 18.3 Å². The number of hydrogen-bond donors (Lipinski definition) is 2. The van der Waals surface area contributed by atoms with Gasteiger partial charge in [-0.25, -0.2) is 18.2 Å². The Hall–Kier alpha value is -2.59. The van der Waals surface area contributed by atoms with E-state index in [1.165, 1.54) is 17.4 Å². The molecule has 3 aromatic rings. The molecule has 1 aromatic carbocycles. The van der Waals surface area contributed by atoms with Crippen molar-refractivity contribution in [3.8, 4) is 0 Å². The molecule has 10 heteroatoms. The fraction of sp³-hybridized carbons (Fsp3) is 0.400. The van der Waals surface area contributed by atoms with E-state index in [-0.39, 0.29) is 22.5 Å². The van der Waals surface area contributed by atoms with E-state index in [0.717, 1.165) is 41.9 Å². The highest BCUT2D eigenvalue weighted by molar-refractivity contribution is 7.15. The predicted octanol–water partition coefficient (Wildman–Crippen LogP) is 3.69. The number of aromatic amines is 1. The van der Waals surface area contributed by atoms with Gasteiger partial charge in [-0.1, -0.05) is 11.3 Å². The molecular formula is C20H19F3N4O2S. The minimum atomic E-state index is -1.29. The lowest BCUT2D eigenvalue weighted by atomic mass is 10.1. The first-order valence-corrected chi connectivity index (χ1v) is 10.6. The Morgan fingerprint density at radius 3 is 3.00 bits per heavy atom. The molecule has 5 rings (SSSR count). The number of anilines is 1. The summed E-state index contributed by atoms with van der Waals surface area (Å²) in [5.41, 5.74) is 0.652. The summed E-state index contributed by atoms with van der Waals surface area (Å²) in [5, 5.41) is 4.04. The number of nitrogens with zero attached hydrogens (tertiary/aromatic N) is 2. The molecule has 2 aliphatic heterocycles. The number of rotatable bonds is 4. The van der Waals surface area contributed by atoms with Gasteiger partial charge in [-0.15, -0.1) is 0 Å². The summed E-state index contributed by atoms with van der Waals surface area (Å²) in [6.07, 6.45) is 1.64. The Morgan fingerprint density at radius 1 is 1.33 bits per heavy atom. The van der Waals surface area contributed by atoms with Crippen molar-refractivity contribution in [3.05, 3.63) is 45.8 Å². The van der Waals surface area contributed by atoms with Gasteiger partial charge in [0.1, 0.15) is 11.5 Å². The second kappa shape index (κ2) is 7.59. The standard InChI is InChI=1S/C20H19F3N4O2S/c21-12-6-13(22)17(23)18-11(12)5-15(25-18)19(28)27-3-1-14-16(8-27)30-20(26-14)24-7-10-2-4-29-9-10/h5-6,10,25H,1-4,7-9H2,(H,24,26). The zero-order chi connectivity index (χ0) is 20.8. The van der Waals surface area contributed by atoms with Gasteiger partial charge in [0.25, 0.3) is 5.91 Å². The first-order valence-electron chi connectivity index (χ1n) is 9.75. The van der Waals surface area contributed by atoms with Crippen LogP contribution in [0.15, 0.2) is 12.1 Å². The van der Waals surface area contributed by atoms with Crippen molar-refractivity contribution in [2.45, 2.75) is 19.4 Å². The number of carbonyl (C=O) groups is 1. The van der Waals surface area contributed by atoms with Gasteiger partial charge in [0, 0.05) is 48.4 Å². The van der Waals surface area contributed by atoms with E-state index in [0.29, 0.717) is 31.5 Å². The molecule has 0 radical (unpaired) electrons. The molecular weight excluding hydrogens is 417 g/mol. The number of halogens is 3. The van der Waals surface area contributed by atoms with Crippen molar-refractivity contribution in [3.63, 3.8) is 0 Å². The average Bonchev–Trinajstić information content (AvgIpc) is 3.48. The van der Waals surface area contributed by atoms with Gasteiger partial charge in [-0.05, 0) is 12.5 Å². The molecule has 2 N–H and O–H groups in total. The van der Waals surface area contributed by atoms with Gasteiger partial charge in [0.05, 0.1) is 24.4 Å². The van der Waals surface area contributed by atoms with E-state index in [1.54, 1.807) is 4.90 Å². The quantitative estimate of drug-likeness (QED) is 0.612. The minimum Gasteiger partial charge on any atom is -0.381 e. The van der Waals surface area contributed by atoms with E-state index in [2.05, 4.69) is 15.3 Å². The lowest BCUT2D eigenvalue weighted by Crippen LogP contribution is -2.35. The normalized spacial score (nSPS) is 18.8. The van der Waals surface area contributed by atoms with Crippen molar-refractivity contribution in [1.29, 1.82) is 0 Å². The Morgan fingerprint density at radius 2 is 2.20 bits per heavy atom. The molecule has 1 amide bonds. The molecule has 0 spiro atoms. The largest absolute Gasteiger partial charge is 0.381 e. The van der Waals surface area contributed by atoms with Gasteiger partial charge in [0.15, 0.2) is 16.8 Å². The monoisotopic (exact) mass is 436 g/mol. The van der Waals surface area contributed by atoms with Gasteiger partial charge in [0.2, 0.25) is 0 Å². The summed E-state index contributed by atoms with van der Waals surface area (Å²) in [5.74, 6) is -3.31. The third kappa shape index (κ3) is 3.43. The van der Waals surface area contributed by atoms with Crippen molar-refractivity contribution in [1.82, 2.24) is 14.9 Å². The number of ether oxygens (including phenoxy) is 1. The first-order chi connectivity index (χ1) is 14.5. The molecule has 1 unspecified atom stereocenters. The summed E-state index contributed by atoms with van der Waals surface area (Å²) in [6, 6.07) is 1.71. The highest BCUT2D eigenvalue weighted by atomic mass is 32.1. The van der Waals surface area contributed by atoms with Crippen LogP contribution in [-0.4, -0.2) is 47.1 Å². The van der Waals surface area contributed by atoms with Crippen LogP contribution in [0.1, 0.15) is 27.5 Å². The topological polar surface area (TPSA) is 70.2 Å². The molecule has 6 nitrogen and oxygen atoms in total. The average molecular weight is 436 g/mol. The second-order valence-electron chi connectivity index (χ2n) is 7.60. The highest BCUT2D eigenvalue weighted by Crippen LogP contribution is 2.30. The van der Waals surface area contributed by atoms with Crippen LogP contribution >= 0.6 is 11.3 Å². The number of carbonyl (C=O) groups excluding carboxylic acids is 1. The zero-order valence-corrected chi connectivity index (χ0v) is 16.8. The molecule has 1 fully saturated rings. The van der Waals surface area contributed by atoms with Gasteiger partial charge in [-0.2, -0.15) is 0 Å². The van der Waals surface area contributed by atoms with Crippen molar-refractivity contribution in [2.24, 2.45) is 5.92 Å². The fourth-order valence-electron chi connectivity index (χ4n) is 3.89. The van der Waals surface area contributed by atoms with Crippen LogP contribution in [0.2, 0.25) is 0 Å². The van der Waals surface area contributed by atoms with Crippen LogP contribution in [0.5, 0.6) is 0 Å². The van der Waals surface area contributed by atoms with Crippen molar-refractivity contribution >= 4 is 33.3 Å². The molecule has 30 heavy (non-hydrogen) atoms. The minimum absolute atomic E-state index is 0.0287. The second-order valence-corrected chi connectivity index (χ2v) is 8.69. The molecule has 158 valence electrons. The maximum atomic E-state index is 14.0. The maximum absolute atomic E-state index is 14.0. The van der Waals surface area contributed by atoms with E-state index in [9.17, 15) is 18.0 Å². The molecule has 0 aliphatic carbocycles. The predicted molar refractivity (Wildman–Crippen MR) is 106 cm³/mol. The fourth-order valence-corrected chi connectivity index (χ4v) is 4.92. The van der Waals surface area contributed by atoms with Crippen LogP contribution in [0.3, 0.4) is 0 Å². The molecule has 1 saturated heterocycles. The molecule has 2 aromatic heterocycles. The Bertz CT molecular complexity index is 1120. The van der Waals surface area contributed by atoms with Crippen LogP contribution in [0.25, 0.3) is 10.9 Å². The van der Waals surface area contributed by atoms with Crippen molar-refractivity contribution < 1.29 is 22.7 Å². The summed E-state index contributed by atoms with van der Waals surface area (Å²) in [6.45, 7) is 3.18. The highest BCUT2D eigenvalue weighted by Gasteiger charge is 2.27. The number of H-pyrrole nitrogens is 1. The number of aromatic nitrogens is 2. The summed E-state index contributed by atoms with van der Waals surface area (Å²) >= 11 is 1.51. The van der Waals surface area contributed by atoms with Crippen LogP contribution < -0.4 is 5.32 Å². The number of amides is 1. The van der Waals surface area contributed by atoms with Crippen molar-refractivity contribution in [2.75, 3.05) is 31.6 Å². The third-order valence-electron chi connectivity index (χ3n) is 5.57. The number of hydrogen-bond acceptors (Lipinski definition) is 5. The third-order valence-corrected chi connectivity index (χ3v) is 6.61. The lowest BCUT2D eigenvalue weighted by Gasteiger charge is -2.25. The Balaban J connectivity index is 1.32. The van der Waals surface area contributed by atoms with Gasteiger partial charge < -0.3 is 19.9 Å². The van der Waals surface area contributed by atoms with Crippen LogP contribution in [-0.2, 0) is 17.7 Å². The number of fused-ring (bicyclic) bond motifs is 2. The van der Waals surface area contributed by atoms with Gasteiger partial charge >= 0.3 is 0 Å². The number of thiazole rings is 1. The molecule has 1 atom stereocenters. The molecule has 0 saturated carbocycles. The van der Waals surface area contributed by atoms with E-state index in [4.69, 9.17) is 4.74 Å². The number of benzene rings is 1. The summed E-state index contributed by atoms with van der Waals surface area (Å²) < 4.78 is 46.8. The first kappa shape index (κ1) is 19.4. The zero-order valence-electron chi connectivity index (χ0n) is 15.9. The van der Waals surface area contributed by atoms with Gasteiger partial charge in [-0.3, -0.25) is 4.79 Å². The smallest absolute Gasteiger partial charge is 0.270 e. The van der Waals surface area contributed by atoms with E-state index < -0.39 is 17.5 Å².